The molecule has 0 aliphatic carbocycles. The van der Waals surface area contributed by atoms with Crippen molar-refractivity contribution in [1.82, 2.24) is 0 Å². The monoisotopic (exact) mass is 252 g/mol. The molecule has 0 aromatic heterocycles. The van der Waals surface area contributed by atoms with E-state index in [-0.39, 0.29) is 5.82 Å². The molecule has 0 aliphatic rings. The van der Waals surface area contributed by atoms with E-state index in [1.807, 2.05) is 42.5 Å². The first-order valence-corrected chi connectivity index (χ1v) is 6.10. The zero-order valence-corrected chi connectivity index (χ0v) is 10.6. The molecule has 94 valence electrons. The molecular weight excluding hydrogens is 239 g/mol. The summed E-state index contributed by atoms with van der Waals surface area (Å²) in [5, 5.41) is 1.96. The second-order valence-electron chi connectivity index (χ2n) is 4.40. The lowest BCUT2D eigenvalue weighted by Gasteiger charge is -2.08. The van der Waals surface area contributed by atoms with Crippen LogP contribution in [0.1, 0.15) is 0 Å². The van der Waals surface area contributed by atoms with E-state index in [9.17, 15) is 4.39 Å². The maximum atomic E-state index is 13.4. The van der Waals surface area contributed by atoms with Gasteiger partial charge in [-0.3, -0.25) is 0 Å². The number of halogens is 1. The summed E-state index contributed by atoms with van der Waals surface area (Å²) in [5.74, 6) is 0.601. The number of fused-ring (bicyclic) bond motifs is 1. The SMILES string of the molecule is COc1ccc(-c2cccc3ccc(F)cc23)cc1. The van der Waals surface area contributed by atoms with E-state index in [0.717, 1.165) is 27.6 Å². The Morgan fingerprint density at radius 2 is 1.68 bits per heavy atom. The van der Waals surface area contributed by atoms with Crippen LogP contribution < -0.4 is 4.74 Å². The van der Waals surface area contributed by atoms with Crippen molar-refractivity contribution in [3.8, 4) is 16.9 Å². The van der Waals surface area contributed by atoms with Gasteiger partial charge >= 0.3 is 0 Å². The van der Waals surface area contributed by atoms with Gasteiger partial charge < -0.3 is 4.74 Å². The molecule has 3 aromatic rings. The zero-order valence-electron chi connectivity index (χ0n) is 10.6. The maximum absolute atomic E-state index is 13.4. The molecule has 1 nitrogen and oxygen atoms in total. The standard InChI is InChI=1S/C17H13FO/c1-19-15-9-6-13(7-10-15)16-4-2-3-12-5-8-14(18)11-17(12)16/h2-11H,1H3. The lowest BCUT2D eigenvalue weighted by molar-refractivity contribution is 0.415. The highest BCUT2D eigenvalue weighted by Gasteiger charge is 2.05. The number of rotatable bonds is 2. The van der Waals surface area contributed by atoms with Gasteiger partial charge in [0.1, 0.15) is 11.6 Å². The molecule has 0 fully saturated rings. The Kier molecular flexibility index (Phi) is 2.92. The van der Waals surface area contributed by atoms with Gasteiger partial charge in [-0.05, 0) is 46.2 Å². The van der Waals surface area contributed by atoms with Gasteiger partial charge in [-0.25, -0.2) is 4.39 Å². The second kappa shape index (κ2) is 4.73. The van der Waals surface area contributed by atoms with Crippen molar-refractivity contribution < 1.29 is 9.13 Å². The highest BCUT2D eigenvalue weighted by molar-refractivity contribution is 5.96. The molecule has 0 unspecified atom stereocenters. The van der Waals surface area contributed by atoms with Crippen LogP contribution in [0, 0.1) is 5.82 Å². The first kappa shape index (κ1) is 11.7. The van der Waals surface area contributed by atoms with Crippen molar-refractivity contribution in [2.75, 3.05) is 7.11 Å². The number of hydrogen-bond donors (Lipinski definition) is 0. The van der Waals surface area contributed by atoms with Crippen LogP contribution in [-0.4, -0.2) is 7.11 Å². The van der Waals surface area contributed by atoms with E-state index in [0.29, 0.717) is 0 Å². The summed E-state index contributed by atoms with van der Waals surface area (Å²) in [7, 11) is 1.64. The molecule has 0 saturated carbocycles. The van der Waals surface area contributed by atoms with E-state index >= 15 is 0 Å². The van der Waals surface area contributed by atoms with E-state index in [4.69, 9.17) is 4.74 Å². The summed E-state index contributed by atoms with van der Waals surface area (Å²) in [6.45, 7) is 0. The van der Waals surface area contributed by atoms with Crippen LogP contribution in [0.25, 0.3) is 21.9 Å². The van der Waals surface area contributed by atoms with Crippen LogP contribution in [0.15, 0.2) is 60.7 Å². The molecule has 0 bridgehead atoms. The highest BCUT2D eigenvalue weighted by Crippen LogP contribution is 2.30. The average Bonchev–Trinajstić information content (AvgIpc) is 2.47. The summed E-state index contributed by atoms with van der Waals surface area (Å²) in [4.78, 5) is 0. The molecule has 19 heavy (non-hydrogen) atoms. The number of ether oxygens (including phenoxy) is 1. The summed E-state index contributed by atoms with van der Waals surface area (Å²) in [6.07, 6.45) is 0. The first-order chi connectivity index (χ1) is 9.28. The van der Waals surface area contributed by atoms with Gasteiger partial charge in [0.15, 0.2) is 0 Å². The fraction of sp³-hybridized carbons (Fsp3) is 0.0588. The second-order valence-corrected chi connectivity index (χ2v) is 4.40. The molecule has 0 radical (unpaired) electrons. The molecule has 2 heteroatoms. The first-order valence-electron chi connectivity index (χ1n) is 6.10. The van der Waals surface area contributed by atoms with Crippen molar-refractivity contribution >= 4 is 10.8 Å². The topological polar surface area (TPSA) is 9.23 Å². The number of benzene rings is 3. The van der Waals surface area contributed by atoms with E-state index in [1.54, 1.807) is 19.2 Å². The summed E-state index contributed by atoms with van der Waals surface area (Å²) in [5.41, 5.74) is 2.08. The van der Waals surface area contributed by atoms with Crippen LogP contribution in [0.3, 0.4) is 0 Å². The molecule has 0 aliphatic heterocycles. The molecule has 0 N–H and O–H groups in total. The normalized spacial score (nSPS) is 10.6. The van der Waals surface area contributed by atoms with Crippen LogP contribution >= 0.6 is 0 Å². The van der Waals surface area contributed by atoms with E-state index in [2.05, 4.69) is 0 Å². The Morgan fingerprint density at radius 1 is 0.895 bits per heavy atom. The smallest absolute Gasteiger partial charge is 0.123 e. The van der Waals surface area contributed by atoms with Crippen molar-refractivity contribution in [2.45, 2.75) is 0 Å². The van der Waals surface area contributed by atoms with Gasteiger partial charge in [-0.2, -0.15) is 0 Å². The molecule has 0 heterocycles. The Hall–Kier alpha value is -2.35. The van der Waals surface area contributed by atoms with Gasteiger partial charge in [0.05, 0.1) is 7.11 Å². The Bertz CT molecular complexity index is 717. The van der Waals surface area contributed by atoms with Gasteiger partial charge in [0, 0.05) is 0 Å². The Labute approximate surface area is 111 Å². The quantitative estimate of drug-likeness (QED) is 0.644. The summed E-state index contributed by atoms with van der Waals surface area (Å²) >= 11 is 0. The summed E-state index contributed by atoms with van der Waals surface area (Å²) < 4.78 is 18.6. The van der Waals surface area contributed by atoms with Crippen molar-refractivity contribution in [3.05, 3.63) is 66.5 Å². The maximum Gasteiger partial charge on any atom is 0.123 e. The minimum Gasteiger partial charge on any atom is -0.497 e. The number of methoxy groups -OCH3 is 1. The van der Waals surface area contributed by atoms with Crippen LogP contribution in [0.4, 0.5) is 4.39 Å². The molecule has 0 atom stereocenters. The van der Waals surface area contributed by atoms with Crippen LogP contribution in [0.2, 0.25) is 0 Å². The van der Waals surface area contributed by atoms with E-state index in [1.165, 1.54) is 6.07 Å². The van der Waals surface area contributed by atoms with Gasteiger partial charge in [-0.15, -0.1) is 0 Å². The molecule has 0 amide bonds. The van der Waals surface area contributed by atoms with Crippen LogP contribution in [-0.2, 0) is 0 Å². The average molecular weight is 252 g/mol. The van der Waals surface area contributed by atoms with Gasteiger partial charge in [0.2, 0.25) is 0 Å². The predicted molar refractivity (Wildman–Crippen MR) is 75.9 cm³/mol. The molecule has 3 aromatic carbocycles. The third kappa shape index (κ3) is 2.17. The van der Waals surface area contributed by atoms with Gasteiger partial charge in [-0.1, -0.05) is 36.4 Å². The summed E-state index contributed by atoms with van der Waals surface area (Å²) in [6, 6.07) is 18.6. The highest BCUT2D eigenvalue weighted by atomic mass is 19.1. The molecular formula is C17H13FO. The van der Waals surface area contributed by atoms with Crippen LogP contribution in [0.5, 0.6) is 5.75 Å². The molecule has 0 saturated heterocycles. The predicted octanol–water partition coefficient (Wildman–Crippen LogP) is 4.65. The van der Waals surface area contributed by atoms with Crippen molar-refractivity contribution in [2.24, 2.45) is 0 Å². The van der Waals surface area contributed by atoms with E-state index < -0.39 is 0 Å². The largest absolute Gasteiger partial charge is 0.497 e. The minimum absolute atomic E-state index is 0.214. The minimum atomic E-state index is -0.214. The third-order valence-electron chi connectivity index (χ3n) is 3.25. The Balaban J connectivity index is 2.20. The molecule has 3 rings (SSSR count). The van der Waals surface area contributed by atoms with Crippen molar-refractivity contribution in [1.29, 1.82) is 0 Å². The fourth-order valence-electron chi connectivity index (χ4n) is 2.27. The molecule has 0 spiro atoms. The zero-order chi connectivity index (χ0) is 13.2. The lowest BCUT2D eigenvalue weighted by Crippen LogP contribution is -1.85. The van der Waals surface area contributed by atoms with Crippen molar-refractivity contribution in [3.63, 3.8) is 0 Å². The Morgan fingerprint density at radius 3 is 2.42 bits per heavy atom. The number of hydrogen-bond acceptors (Lipinski definition) is 1. The third-order valence-corrected chi connectivity index (χ3v) is 3.25. The lowest BCUT2D eigenvalue weighted by atomic mass is 9.98. The van der Waals surface area contributed by atoms with Gasteiger partial charge in [0.25, 0.3) is 0 Å². The fourth-order valence-corrected chi connectivity index (χ4v) is 2.27.